The average molecular weight is 500 g/mol. The molecule has 0 saturated heterocycles. The summed E-state index contributed by atoms with van der Waals surface area (Å²) in [6.07, 6.45) is 0.373. The third kappa shape index (κ3) is 4.47. The molecule has 1 N–H and O–H groups in total. The van der Waals surface area contributed by atoms with E-state index in [0.29, 0.717) is 46.6 Å². The third-order valence-corrected chi connectivity index (χ3v) is 6.69. The lowest BCUT2D eigenvalue weighted by Crippen LogP contribution is -2.31. The van der Waals surface area contributed by atoms with E-state index in [2.05, 4.69) is 0 Å². The lowest BCUT2D eigenvalue weighted by atomic mass is 9.97. The minimum atomic E-state index is -0.674. The predicted molar refractivity (Wildman–Crippen MR) is 140 cm³/mol. The smallest absolute Gasteiger partial charge is 0.290 e. The molecule has 1 aliphatic rings. The number of hydrogen-bond donors (Lipinski definition) is 1. The van der Waals surface area contributed by atoms with Crippen LogP contribution in [0.4, 0.5) is 0 Å². The molecule has 0 aliphatic carbocycles. The Hall–Kier alpha value is -4.10. The van der Waals surface area contributed by atoms with Crippen molar-refractivity contribution in [3.8, 4) is 11.5 Å². The van der Waals surface area contributed by atoms with E-state index < -0.39 is 6.04 Å². The Morgan fingerprint density at radius 2 is 1.78 bits per heavy atom. The maximum Gasteiger partial charge on any atom is 0.290 e. The highest BCUT2D eigenvalue weighted by Crippen LogP contribution is 2.41. The van der Waals surface area contributed by atoms with Gasteiger partial charge in [-0.25, -0.2) is 0 Å². The number of aryl methyl sites for hydroxylation is 2. The fraction of sp³-hybridized carbons (Fsp3) is 0.267. The third-order valence-electron chi connectivity index (χ3n) is 6.69. The van der Waals surface area contributed by atoms with Gasteiger partial charge in [-0.1, -0.05) is 42.5 Å². The topological polar surface area (TPSA) is 89.2 Å². The summed E-state index contributed by atoms with van der Waals surface area (Å²) in [5, 5.41) is 9.93. The highest BCUT2D eigenvalue weighted by molar-refractivity contribution is 5.99. The minimum Gasteiger partial charge on any atom is -0.493 e. The van der Waals surface area contributed by atoms with Crippen LogP contribution in [0, 0.1) is 13.8 Å². The van der Waals surface area contributed by atoms with Crippen LogP contribution in [0.1, 0.15) is 50.8 Å². The van der Waals surface area contributed by atoms with Gasteiger partial charge in [-0.3, -0.25) is 9.59 Å². The number of rotatable bonds is 8. The van der Waals surface area contributed by atoms with Crippen LogP contribution in [0.5, 0.6) is 11.5 Å². The standard InChI is InChI=1S/C30H29NO6/c1-18-14-19(2)28-22(15-18)27(33)25-26(31(12-7-13-32)30(34)29(25)37-28)21-10-11-23(24(16-21)35-3)36-17-20-8-5-4-6-9-20/h4-6,8-11,14-16,26,32H,7,12-13,17H2,1-3H3. The predicted octanol–water partition coefficient (Wildman–Crippen LogP) is 4.93. The average Bonchev–Trinajstić information content (AvgIpc) is 3.19. The van der Waals surface area contributed by atoms with E-state index in [0.717, 1.165) is 16.7 Å². The Morgan fingerprint density at radius 3 is 2.51 bits per heavy atom. The van der Waals surface area contributed by atoms with Crippen LogP contribution in [-0.4, -0.2) is 36.2 Å². The number of fused-ring (bicyclic) bond motifs is 2. The SMILES string of the molecule is COc1cc(C2c3c(oc4c(C)cc(C)cc4c3=O)C(=O)N2CCCO)ccc1OCc1ccccc1. The molecule has 1 atom stereocenters. The van der Waals surface area contributed by atoms with Crippen LogP contribution in [0.25, 0.3) is 11.0 Å². The fourth-order valence-electron chi connectivity index (χ4n) is 5.00. The Balaban J connectivity index is 1.60. The van der Waals surface area contributed by atoms with E-state index in [1.165, 1.54) is 0 Å². The van der Waals surface area contributed by atoms with E-state index in [1.54, 1.807) is 30.2 Å². The van der Waals surface area contributed by atoms with Crippen LogP contribution in [0.15, 0.2) is 69.9 Å². The molecule has 1 unspecified atom stereocenters. The van der Waals surface area contributed by atoms with Crippen molar-refractivity contribution in [1.82, 2.24) is 4.90 Å². The van der Waals surface area contributed by atoms with Crippen molar-refractivity contribution < 1.29 is 23.8 Å². The van der Waals surface area contributed by atoms with Crippen molar-refractivity contribution in [3.05, 3.63) is 104 Å². The molecule has 4 aromatic rings. The van der Waals surface area contributed by atoms with Crippen LogP contribution in [-0.2, 0) is 6.61 Å². The first kappa shape index (κ1) is 24.6. The van der Waals surface area contributed by atoms with E-state index in [1.807, 2.05) is 56.3 Å². The summed E-state index contributed by atoms with van der Waals surface area (Å²) in [5.74, 6) is 0.734. The van der Waals surface area contributed by atoms with Gasteiger partial charge in [0.15, 0.2) is 16.9 Å². The number of amides is 1. The van der Waals surface area contributed by atoms with Crippen molar-refractivity contribution >= 4 is 16.9 Å². The molecule has 37 heavy (non-hydrogen) atoms. The largest absolute Gasteiger partial charge is 0.493 e. The normalized spacial score (nSPS) is 14.8. The van der Waals surface area contributed by atoms with Crippen molar-refractivity contribution in [3.63, 3.8) is 0 Å². The maximum atomic E-state index is 13.8. The van der Waals surface area contributed by atoms with Crippen molar-refractivity contribution in [2.45, 2.75) is 32.9 Å². The summed E-state index contributed by atoms with van der Waals surface area (Å²) in [7, 11) is 1.55. The summed E-state index contributed by atoms with van der Waals surface area (Å²) in [6.45, 7) is 4.35. The molecule has 1 aromatic heterocycles. The number of methoxy groups -OCH3 is 1. The molecule has 5 rings (SSSR count). The van der Waals surface area contributed by atoms with E-state index in [4.69, 9.17) is 13.9 Å². The summed E-state index contributed by atoms with van der Waals surface area (Å²) >= 11 is 0. The molecular formula is C30H29NO6. The second kappa shape index (κ2) is 10.1. The second-order valence-electron chi connectivity index (χ2n) is 9.30. The highest BCUT2D eigenvalue weighted by Gasteiger charge is 2.42. The van der Waals surface area contributed by atoms with Gasteiger partial charge in [0.2, 0.25) is 5.76 Å². The molecule has 1 amide bonds. The zero-order valence-corrected chi connectivity index (χ0v) is 21.1. The van der Waals surface area contributed by atoms with Crippen molar-refractivity contribution in [2.75, 3.05) is 20.3 Å². The van der Waals surface area contributed by atoms with Crippen molar-refractivity contribution in [1.29, 1.82) is 0 Å². The molecular weight excluding hydrogens is 470 g/mol. The number of carbonyl (C=O) groups is 1. The zero-order chi connectivity index (χ0) is 26.1. The van der Waals surface area contributed by atoms with E-state index in [9.17, 15) is 14.7 Å². The lowest BCUT2D eigenvalue weighted by Gasteiger charge is -2.25. The van der Waals surface area contributed by atoms with Gasteiger partial charge >= 0.3 is 0 Å². The minimum absolute atomic E-state index is 0.0516. The summed E-state index contributed by atoms with van der Waals surface area (Å²) in [5.41, 5.74) is 3.97. The summed E-state index contributed by atoms with van der Waals surface area (Å²) in [4.78, 5) is 28.9. The number of nitrogens with zero attached hydrogens (tertiary/aromatic N) is 1. The van der Waals surface area contributed by atoms with E-state index >= 15 is 0 Å². The molecule has 1 aliphatic heterocycles. The van der Waals surface area contributed by atoms with Gasteiger partial charge in [0.05, 0.1) is 24.1 Å². The number of carbonyl (C=O) groups excluding carboxylic acids is 1. The molecule has 0 bridgehead atoms. The first-order chi connectivity index (χ1) is 17.9. The number of benzene rings is 3. The number of aliphatic hydroxyl groups excluding tert-OH is 1. The van der Waals surface area contributed by atoms with Crippen LogP contribution < -0.4 is 14.9 Å². The molecule has 3 aromatic carbocycles. The lowest BCUT2D eigenvalue weighted by molar-refractivity contribution is 0.0716. The molecule has 7 nitrogen and oxygen atoms in total. The Morgan fingerprint density at radius 1 is 1.00 bits per heavy atom. The monoisotopic (exact) mass is 499 g/mol. The van der Waals surface area contributed by atoms with Gasteiger partial charge in [-0.2, -0.15) is 0 Å². The summed E-state index contributed by atoms with van der Waals surface area (Å²) < 4.78 is 17.7. The van der Waals surface area contributed by atoms with Gasteiger partial charge in [0.1, 0.15) is 12.2 Å². The summed E-state index contributed by atoms with van der Waals surface area (Å²) in [6, 6.07) is 18.3. The van der Waals surface area contributed by atoms with Crippen LogP contribution in [0.2, 0.25) is 0 Å². The number of aliphatic hydroxyl groups is 1. The van der Waals surface area contributed by atoms with Gasteiger partial charge in [-0.05, 0) is 60.7 Å². The number of ether oxygens (including phenoxy) is 2. The fourth-order valence-corrected chi connectivity index (χ4v) is 5.00. The van der Waals surface area contributed by atoms with Gasteiger partial charge in [-0.15, -0.1) is 0 Å². The second-order valence-corrected chi connectivity index (χ2v) is 9.30. The quantitative estimate of drug-likeness (QED) is 0.370. The molecule has 0 saturated carbocycles. The first-order valence-electron chi connectivity index (χ1n) is 12.3. The van der Waals surface area contributed by atoms with Crippen LogP contribution in [0.3, 0.4) is 0 Å². The molecule has 0 spiro atoms. The molecule has 0 radical (unpaired) electrons. The first-order valence-corrected chi connectivity index (χ1v) is 12.3. The Labute approximate surface area is 214 Å². The Kier molecular flexibility index (Phi) is 6.72. The molecule has 2 heterocycles. The van der Waals surface area contributed by atoms with Crippen molar-refractivity contribution in [2.24, 2.45) is 0 Å². The molecule has 7 heteroatoms. The van der Waals surface area contributed by atoms with Gasteiger partial charge in [0.25, 0.3) is 5.91 Å². The molecule has 0 fully saturated rings. The van der Waals surface area contributed by atoms with Gasteiger partial charge in [0, 0.05) is 13.2 Å². The maximum absolute atomic E-state index is 13.8. The van der Waals surface area contributed by atoms with Crippen LogP contribution >= 0.6 is 0 Å². The van der Waals surface area contributed by atoms with Gasteiger partial charge < -0.3 is 23.9 Å². The molecule has 190 valence electrons. The number of hydrogen-bond acceptors (Lipinski definition) is 6. The highest BCUT2D eigenvalue weighted by atomic mass is 16.5. The Bertz CT molecular complexity index is 1530. The van der Waals surface area contributed by atoms with E-state index in [-0.39, 0.29) is 30.2 Å². The zero-order valence-electron chi connectivity index (χ0n) is 21.1.